The minimum absolute atomic E-state index is 0.00821. The molecule has 152 valence electrons. The smallest absolute Gasteiger partial charge is 0.220 e. The predicted molar refractivity (Wildman–Crippen MR) is 110 cm³/mol. The SMILES string of the molecule is C[C@@H](CNC(=O)CCc1nnc2ccc(N3CCOCC3)nn12)c1ccccc1. The second-order valence-electron chi connectivity index (χ2n) is 7.29. The maximum Gasteiger partial charge on any atom is 0.220 e. The van der Waals surface area contributed by atoms with E-state index < -0.39 is 0 Å². The molecule has 1 N–H and O–H groups in total. The van der Waals surface area contributed by atoms with Gasteiger partial charge in [0.2, 0.25) is 5.91 Å². The number of rotatable bonds is 7. The summed E-state index contributed by atoms with van der Waals surface area (Å²) < 4.78 is 7.15. The van der Waals surface area contributed by atoms with Crippen LogP contribution >= 0.6 is 0 Å². The third-order valence-corrected chi connectivity index (χ3v) is 5.20. The Morgan fingerprint density at radius 1 is 1.14 bits per heavy atom. The van der Waals surface area contributed by atoms with E-state index in [2.05, 4.69) is 44.6 Å². The van der Waals surface area contributed by atoms with E-state index in [4.69, 9.17) is 4.74 Å². The number of carbonyl (C=O) groups excluding carboxylic acids is 1. The van der Waals surface area contributed by atoms with Crippen LogP contribution in [0.25, 0.3) is 5.65 Å². The molecule has 8 nitrogen and oxygen atoms in total. The monoisotopic (exact) mass is 394 g/mol. The first kappa shape index (κ1) is 19.3. The molecule has 0 saturated carbocycles. The summed E-state index contributed by atoms with van der Waals surface area (Å²) in [4.78, 5) is 14.5. The molecule has 3 heterocycles. The molecule has 1 aliphatic heterocycles. The summed E-state index contributed by atoms with van der Waals surface area (Å²) in [5.74, 6) is 1.85. The van der Waals surface area contributed by atoms with Crippen molar-refractivity contribution in [3.8, 4) is 0 Å². The van der Waals surface area contributed by atoms with E-state index in [9.17, 15) is 4.79 Å². The van der Waals surface area contributed by atoms with Crippen molar-refractivity contribution in [2.45, 2.75) is 25.7 Å². The summed E-state index contributed by atoms with van der Waals surface area (Å²) in [5.41, 5.74) is 1.91. The van der Waals surface area contributed by atoms with Crippen molar-refractivity contribution in [1.29, 1.82) is 0 Å². The number of carbonyl (C=O) groups is 1. The predicted octanol–water partition coefficient (Wildman–Crippen LogP) is 1.81. The fourth-order valence-electron chi connectivity index (χ4n) is 3.42. The molecule has 0 aliphatic carbocycles. The minimum atomic E-state index is 0.00821. The van der Waals surface area contributed by atoms with Gasteiger partial charge in [-0.3, -0.25) is 4.79 Å². The molecular formula is C21H26N6O2. The van der Waals surface area contributed by atoms with Crippen LogP contribution in [0.1, 0.15) is 30.7 Å². The summed E-state index contributed by atoms with van der Waals surface area (Å²) in [6, 6.07) is 14.1. The van der Waals surface area contributed by atoms with Gasteiger partial charge in [0.05, 0.1) is 13.2 Å². The highest BCUT2D eigenvalue weighted by atomic mass is 16.5. The van der Waals surface area contributed by atoms with Gasteiger partial charge in [0.25, 0.3) is 0 Å². The number of aromatic nitrogens is 4. The maximum absolute atomic E-state index is 12.3. The van der Waals surface area contributed by atoms with Crippen LogP contribution in [0.2, 0.25) is 0 Å². The van der Waals surface area contributed by atoms with E-state index in [1.165, 1.54) is 5.56 Å². The van der Waals surface area contributed by atoms with Crippen molar-refractivity contribution in [1.82, 2.24) is 25.1 Å². The fraction of sp³-hybridized carbons (Fsp3) is 0.429. The average molecular weight is 394 g/mol. The molecule has 1 saturated heterocycles. The van der Waals surface area contributed by atoms with Gasteiger partial charge in [0, 0.05) is 32.5 Å². The van der Waals surface area contributed by atoms with Gasteiger partial charge in [0.15, 0.2) is 11.5 Å². The number of anilines is 1. The zero-order valence-corrected chi connectivity index (χ0v) is 16.6. The summed E-state index contributed by atoms with van der Waals surface area (Å²) >= 11 is 0. The molecule has 0 unspecified atom stereocenters. The highest BCUT2D eigenvalue weighted by Gasteiger charge is 2.16. The molecule has 1 atom stereocenters. The molecule has 4 rings (SSSR count). The first-order valence-corrected chi connectivity index (χ1v) is 10.1. The highest BCUT2D eigenvalue weighted by molar-refractivity contribution is 5.76. The molecule has 1 fully saturated rings. The van der Waals surface area contributed by atoms with Crippen LogP contribution in [0.3, 0.4) is 0 Å². The second kappa shape index (κ2) is 9.00. The second-order valence-corrected chi connectivity index (χ2v) is 7.29. The van der Waals surface area contributed by atoms with Crippen LogP contribution in [0.15, 0.2) is 42.5 Å². The maximum atomic E-state index is 12.3. The van der Waals surface area contributed by atoms with Gasteiger partial charge in [-0.2, -0.15) is 4.52 Å². The van der Waals surface area contributed by atoms with Crippen molar-refractivity contribution < 1.29 is 9.53 Å². The van der Waals surface area contributed by atoms with Crippen molar-refractivity contribution in [3.05, 3.63) is 53.9 Å². The molecule has 8 heteroatoms. The number of aryl methyl sites for hydroxylation is 1. The molecule has 29 heavy (non-hydrogen) atoms. The number of nitrogens with one attached hydrogen (secondary N) is 1. The molecular weight excluding hydrogens is 368 g/mol. The lowest BCUT2D eigenvalue weighted by atomic mass is 10.0. The Hall–Kier alpha value is -3.00. The van der Waals surface area contributed by atoms with Gasteiger partial charge in [0.1, 0.15) is 5.82 Å². The average Bonchev–Trinajstić information content (AvgIpc) is 3.19. The Balaban J connectivity index is 1.34. The summed E-state index contributed by atoms with van der Waals surface area (Å²) in [6.07, 6.45) is 0.845. The highest BCUT2D eigenvalue weighted by Crippen LogP contribution is 2.15. The third-order valence-electron chi connectivity index (χ3n) is 5.20. The number of fused-ring (bicyclic) bond motifs is 1. The normalized spacial score (nSPS) is 15.4. The van der Waals surface area contributed by atoms with Crippen LogP contribution in [-0.2, 0) is 16.0 Å². The van der Waals surface area contributed by atoms with Crippen molar-refractivity contribution in [2.75, 3.05) is 37.7 Å². The molecule has 1 aromatic carbocycles. The number of hydrogen-bond donors (Lipinski definition) is 1. The zero-order chi connectivity index (χ0) is 20.1. The Bertz CT molecular complexity index is 952. The Kier molecular flexibility index (Phi) is 6.00. The molecule has 1 aliphatic rings. The van der Waals surface area contributed by atoms with Crippen molar-refractivity contribution in [3.63, 3.8) is 0 Å². The van der Waals surface area contributed by atoms with E-state index in [1.807, 2.05) is 30.3 Å². The van der Waals surface area contributed by atoms with Gasteiger partial charge in [-0.15, -0.1) is 15.3 Å². The van der Waals surface area contributed by atoms with E-state index in [-0.39, 0.29) is 11.8 Å². The summed E-state index contributed by atoms with van der Waals surface area (Å²) in [6.45, 7) is 5.77. The molecule has 3 aromatic rings. The van der Waals surface area contributed by atoms with Gasteiger partial charge in [-0.25, -0.2) is 0 Å². The minimum Gasteiger partial charge on any atom is -0.378 e. The lowest BCUT2D eigenvalue weighted by molar-refractivity contribution is -0.121. The molecule has 0 spiro atoms. The number of amides is 1. The first-order valence-electron chi connectivity index (χ1n) is 10.1. The first-order chi connectivity index (χ1) is 14.2. The van der Waals surface area contributed by atoms with Crippen molar-refractivity contribution in [2.24, 2.45) is 0 Å². The van der Waals surface area contributed by atoms with Gasteiger partial charge in [-0.05, 0) is 23.6 Å². The number of nitrogens with zero attached hydrogens (tertiary/aromatic N) is 5. The Morgan fingerprint density at radius 2 is 1.93 bits per heavy atom. The molecule has 1 amide bonds. The van der Waals surface area contributed by atoms with Gasteiger partial charge in [-0.1, -0.05) is 37.3 Å². The van der Waals surface area contributed by atoms with E-state index >= 15 is 0 Å². The largest absolute Gasteiger partial charge is 0.378 e. The van der Waals surface area contributed by atoms with Gasteiger partial charge < -0.3 is 15.0 Å². The molecule has 0 bridgehead atoms. The van der Waals surface area contributed by atoms with Crippen LogP contribution in [0, 0.1) is 0 Å². The standard InChI is InChI=1S/C21H26N6O2/c1-16(17-5-3-2-4-6-17)15-22-21(28)10-9-19-24-23-18-7-8-20(25-27(18)19)26-11-13-29-14-12-26/h2-8,16H,9-15H2,1H3,(H,22,28)/t16-/m0/s1. The number of morpholine rings is 1. The number of benzene rings is 1. The Labute approximate surface area is 169 Å². The topological polar surface area (TPSA) is 84.7 Å². The number of hydrogen-bond acceptors (Lipinski definition) is 6. The number of ether oxygens (including phenoxy) is 1. The summed E-state index contributed by atoms with van der Waals surface area (Å²) in [7, 11) is 0. The van der Waals surface area contributed by atoms with E-state index in [0.717, 1.165) is 18.9 Å². The van der Waals surface area contributed by atoms with Gasteiger partial charge >= 0.3 is 0 Å². The zero-order valence-electron chi connectivity index (χ0n) is 16.6. The Morgan fingerprint density at radius 3 is 2.72 bits per heavy atom. The van der Waals surface area contributed by atoms with E-state index in [0.29, 0.717) is 44.1 Å². The van der Waals surface area contributed by atoms with Crippen LogP contribution in [0.4, 0.5) is 5.82 Å². The quantitative estimate of drug-likeness (QED) is 0.658. The fourth-order valence-corrected chi connectivity index (χ4v) is 3.42. The molecule has 0 radical (unpaired) electrons. The summed E-state index contributed by atoms with van der Waals surface area (Å²) in [5, 5.41) is 16.1. The molecule has 2 aromatic heterocycles. The van der Waals surface area contributed by atoms with E-state index in [1.54, 1.807) is 4.52 Å². The van der Waals surface area contributed by atoms with Crippen LogP contribution < -0.4 is 10.2 Å². The lowest BCUT2D eigenvalue weighted by Gasteiger charge is -2.27. The lowest BCUT2D eigenvalue weighted by Crippen LogP contribution is -2.37. The van der Waals surface area contributed by atoms with Crippen LogP contribution in [-0.4, -0.2) is 58.6 Å². The van der Waals surface area contributed by atoms with Crippen molar-refractivity contribution >= 4 is 17.4 Å². The third kappa shape index (κ3) is 4.71. The van der Waals surface area contributed by atoms with Crippen LogP contribution in [0.5, 0.6) is 0 Å².